The maximum Gasteiger partial charge on any atom is 0.322 e. The van der Waals surface area contributed by atoms with Crippen LogP contribution in [0.5, 0.6) is 0 Å². The molecule has 5 N–H and O–H groups in total. The Kier molecular flexibility index (Phi) is 9.52. The topological polar surface area (TPSA) is 169 Å². The molecule has 230 valence electrons. The second-order valence-corrected chi connectivity index (χ2v) is 10.3. The smallest absolute Gasteiger partial charge is 0.322 e. The summed E-state index contributed by atoms with van der Waals surface area (Å²) in [7, 11) is 1.77. The monoisotopic (exact) mass is 641 g/mol. The van der Waals surface area contributed by atoms with Crippen LogP contribution in [-0.2, 0) is 23.2 Å². The second kappa shape index (κ2) is 13.0. The molecule has 1 atom stereocenters. The zero-order chi connectivity index (χ0) is 29.5. The molecule has 0 amide bonds. The second-order valence-electron chi connectivity index (χ2n) is 10.3. The molecule has 0 spiro atoms. The number of nitrogens with zero attached hydrogens (tertiary/aromatic N) is 6. The van der Waals surface area contributed by atoms with Crippen LogP contribution < -0.4 is 22.3 Å². The quantitative estimate of drug-likeness (QED) is 0.209. The number of benzene rings is 2. The fraction of sp³-hybridized carbons (Fsp3) is 0.241. The van der Waals surface area contributed by atoms with Gasteiger partial charge in [0, 0.05) is 30.6 Å². The van der Waals surface area contributed by atoms with Gasteiger partial charge in [-0.15, -0.1) is 24.8 Å². The molecule has 2 aromatic carbocycles. The van der Waals surface area contributed by atoms with Crippen molar-refractivity contribution in [1.82, 2.24) is 29.3 Å². The molecule has 44 heavy (non-hydrogen) atoms. The van der Waals surface area contributed by atoms with Crippen molar-refractivity contribution in [3.05, 3.63) is 82.3 Å². The molecule has 1 fully saturated rings. The number of aryl methyl sites for hydroxylation is 1. The summed E-state index contributed by atoms with van der Waals surface area (Å²) in [5.41, 5.74) is 13.9. The summed E-state index contributed by atoms with van der Waals surface area (Å²) in [4.78, 5) is 39.1. The fourth-order valence-electron chi connectivity index (χ4n) is 4.81. The number of hydrogen-bond acceptors (Lipinski definition) is 10. The van der Waals surface area contributed by atoms with E-state index in [1.807, 2.05) is 6.07 Å². The van der Waals surface area contributed by atoms with Gasteiger partial charge in [-0.05, 0) is 54.8 Å². The number of halogens is 3. The highest BCUT2D eigenvalue weighted by atomic mass is 35.5. The Morgan fingerprint density at radius 2 is 1.95 bits per heavy atom. The molecule has 0 unspecified atom stereocenters. The van der Waals surface area contributed by atoms with E-state index in [2.05, 4.69) is 25.4 Å². The fourth-order valence-corrected chi connectivity index (χ4v) is 4.81. The number of esters is 1. The molecular weight excluding hydrogens is 612 g/mol. The molecule has 15 heteroatoms. The van der Waals surface area contributed by atoms with Crippen LogP contribution >= 0.6 is 24.8 Å². The van der Waals surface area contributed by atoms with E-state index < -0.39 is 23.4 Å². The number of nitrogens with two attached hydrogens (primary N) is 2. The molecule has 5 aromatic rings. The minimum atomic E-state index is -0.873. The maximum absolute atomic E-state index is 15.3. The molecule has 6 rings (SSSR count). The van der Waals surface area contributed by atoms with E-state index in [9.17, 15) is 9.59 Å². The number of fused-ring (bicyclic) bond motifs is 1. The van der Waals surface area contributed by atoms with Crippen molar-refractivity contribution in [3.63, 3.8) is 0 Å². The summed E-state index contributed by atoms with van der Waals surface area (Å²) in [6, 6.07) is 9.21. The van der Waals surface area contributed by atoms with E-state index in [1.165, 1.54) is 17.6 Å². The molecular formula is C29H30Cl2FN9O3. The van der Waals surface area contributed by atoms with Crippen LogP contribution in [0.25, 0.3) is 27.8 Å². The number of aromatic nitrogens is 6. The normalized spacial score (nSPS) is 13.1. The van der Waals surface area contributed by atoms with Crippen molar-refractivity contribution in [3.8, 4) is 17.1 Å². The van der Waals surface area contributed by atoms with Crippen molar-refractivity contribution >= 4 is 59.1 Å². The first-order valence-electron chi connectivity index (χ1n) is 13.3. The Morgan fingerprint density at radius 1 is 1.18 bits per heavy atom. The third-order valence-electron chi connectivity index (χ3n) is 7.02. The lowest BCUT2D eigenvalue weighted by atomic mass is 10.0. The Morgan fingerprint density at radius 3 is 2.64 bits per heavy atom. The van der Waals surface area contributed by atoms with E-state index >= 15 is 4.39 Å². The van der Waals surface area contributed by atoms with E-state index in [-0.39, 0.29) is 54.5 Å². The first-order valence-corrected chi connectivity index (χ1v) is 13.3. The maximum atomic E-state index is 15.3. The summed E-state index contributed by atoms with van der Waals surface area (Å²) >= 11 is 0. The summed E-state index contributed by atoms with van der Waals surface area (Å²) < 4.78 is 23.7. The van der Waals surface area contributed by atoms with Crippen LogP contribution in [0.15, 0.2) is 59.8 Å². The van der Waals surface area contributed by atoms with Crippen LogP contribution in [0.1, 0.15) is 36.8 Å². The molecule has 1 aliphatic rings. The predicted molar refractivity (Wildman–Crippen MR) is 169 cm³/mol. The van der Waals surface area contributed by atoms with Gasteiger partial charge in [0.05, 0.1) is 23.0 Å². The van der Waals surface area contributed by atoms with Gasteiger partial charge in [-0.2, -0.15) is 20.1 Å². The molecule has 3 heterocycles. The zero-order valence-corrected chi connectivity index (χ0v) is 25.4. The van der Waals surface area contributed by atoms with Crippen LogP contribution in [0.4, 0.5) is 22.0 Å². The third-order valence-corrected chi connectivity index (χ3v) is 7.02. The Bertz CT molecular complexity index is 1910. The van der Waals surface area contributed by atoms with Gasteiger partial charge in [0.2, 0.25) is 11.9 Å². The number of nitrogens with one attached hydrogen (secondary N) is 1. The molecule has 1 saturated carbocycles. The molecule has 0 radical (unpaired) electrons. The average Bonchev–Trinajstić information content (AvgIpc) is 3.73. The Hall–Kier alpha value is -4.59. The molecule has 1 aliphatic carbocycles. The lowest BCUT2D eigenvalue weighted by Gasteiger charge is -2.18. The van der Waals surface area contributed by atoms with Crippen molar-refractivity contribution in [2.45, 2.75) is 38.3 Å². The van der Waals surface area contributed by atoms with Crippen LogP contribution in [0.3, 0.4) is 0 Å². The first-order chi connectivity index (χ1) is 20.2. The Labute approximate surface area is 263 Å². The first kappa shape index (κ1) is 32.3. The van der Waals surface area contributed by atoms with Gasteiger partial charge in [0.15, 0.2) is 5.82 Å². The lowest BCUT2D eigenvalue weighted by molar-refractivity contribution is -0.146. The number of carbonyl (C=O) groups is 1. The number of carbonyl (C=O) groups excluding carboxylic acids is 1. The lowest BCUT2D eigenvalue weighted by Crippen LogP contribution is -2.29. The van der Waals surface area contributed by atoms with Gasteiger partial charge in [0.25, 0.3) is 5.56 Å². The highest BCUT2D eigenvalue weighted by Crippen LogP contribution is 2.41. The number of nitrogen functional groups attached to an aromatic ring is 1. The largest absolute Gasteiger partial charge is 0.460 e. The third kappa shape index (κ3) is 6.49. The Balaban J connectivity index is 0.00000221. The van der Waals surface area contributed by atoms with Gasteiger partial charge in [0.1, 0.15) is 18.5 Å². The number of anilines is 3. The highest BCUT2D eigenvalue weighted by Gasteiger charge is 2.26. The van der Waals surface area contributed by atoms with Gasteiger partial charge in [-0.1, -0.05) is 18.2 Å². The summed E-state index contributed by atoms with van der Waals surface area (Å²) in [6.45, 7) is 1.24. The standard InChI is InChI=1S/C29H28FN9O3.2ClH/c1-15(31)27(41)42-14-21-20(25-35-28(32)37-29(36-25)34-19-12-33-38(2)13-19)4-3-5-23(21)39-9-8-17-10-18(16-6-7-16)11-22(30)24(17)26(39)40;;/h3-5,8-13,15-16H,6-7,14,31H2,1-2H3,(H3,32,34,35,36,37);2*1H/t15-;;/m0../s1. The van der Waals surface area contributed by atoms with Crippen LogP contribution in [0, 0.1) is 5.82 Å². The predicted octanol–water partition coefficient (Wildman–Crippen LogP) is 4.15. The van der Waals surface area contributed by atoms with E-state index in [1.54, 1.807) is 54.6 Å². The number of hydrogen-bond donors (Lipinski definition) is 3. The molecule has 0 bridgehead atoms. The molecule has 0 saturated heterocycles. The van der Waals surface area contributed by atoms with Crippen molar-refractivity contribution in [1.29, 1.82) is 0 Å². The van der Waals surface area contributed by atoms with Gasteiger partial charge < -0.3 is 21.5 Å². The van der Waals surface area contributed by atoms with E-state index in [0.29, 0.717) is 33.8 Å². The molecule has 12 nitrogen and oxygen atoms in total. The van der Waals surface area contributed by atoms with Crippen LogP contribution in [-0.4, -0.2) is 41.3 Å². The number of ether oxygens (including phenoxy) is 1. The molecule has 0 aliphatic heterocycles. The van der Waals surface area contributed by atoms with Crippen molar-refractivity contribution in [2.75, 3.05) is 11.1 Å². The SMILES string of the molecule is C[C@H](N)C(=O)OCc1c(-c2nc(N)nc(Nc3cnn(C)c3)n2)cccc1-n1ccc2cc(C3CC3)cc(F)c2c1=O.Cl.Cl. The highest BCUT2D eigenvalue weighted by molar-refractivity contribution is 5.86. The minimum absolute atomic E-state index is 0. The van der Waals surface area contributed by atoms with Gasteiger partial charge in [-0.3, -0.25) is 18.8 Å². The zero-order valence-electron chi connectivity index (χ0n) is 23.7. The number of pyridine rings is 1. The van der Waals surface area contributed by atoms with Gasteiger partial charge >= 0.3 is 5.97 Å². The summed E-state index contributed by atoms with van der Waals surface area (Å²) in [5.74, 6) is -0.630. The van der Waals surface area contributed by atoms with Crippen molar-refractivity contribution < 1.29 is 13.9 Å². The summed E-state index contributed by atoms with van der Waals surface area (Å²) in [6.07, 6.45) is 6.93. The van der Waals surface area contributed by atoms with Crippen LogP contribution in [0.2, 0.25) is 0 Å². The molecule has 3 aromatic heterocycles. The van der Waals surface area contributed by atoms with Gasteiger partial charge in [-0.25, -0.2) is 4.39 Å². The average molecular weight is 643 g/mol. The minimum Gasteiger partial charge on any atom is -0.460 e. The van der Waals surface area contributed by atoms with E-state index in [0.717, 1.165) is 18.4 Å². The van der Waals surface area contributed by atoms with Crippen molar-refractivity contribution in [2.24, 2.45) is 12.8 Å². The van der Waals surface area contributed by atoms with E-state index in [4.69, 9.17) is 16.2 Å². The number of rotatable bonds is 8. The summed E-state index contributed by atoms with van der Waals surface area (Å²) in [5, 5.41) is 7.65.